The van der Waals surface area contributed by atoms with E-state index in [-0.39, 0.29) is 17.3 Å². The Kier molecular flexibility index (Phi) is 2.73. The fourth-order valence-electron chi connectivity index (χ4n) is 1.81. The van der Waals surface area contributed by atoms with Gasteiger partial charge in [0.2, 0.25) is 0 Å². The van der Waals surface area contributed by atoms with Crippen molar-refractivity contribution in [2.75, 3.05) is 19.8 Å². The van der Waals surface area contributed by atoms with E-state index in [0.29, 0.717) is 19.8 Å². The second-order valence-electron chi connectivity index (χ2n) is 4.09. The molecule has 1 atom stereocenters. The van der Waals surface area contributed by atoms with Crippen molar-refractivity contribution in [2.24, 2.45) is 16.9 Å². The summed E-state index contributed by atoms with van der Waals surface area (Å²) in [6.07, 6.45) is 0. The minimum absolute atomic E-state index is 0.169. The Bertz CT molecular complexity index is 329. The first-order chi connectivity index (χ1) is 7.18. The maximum absolute atomic E-state index is 12.7. The van der Waals surface area contributed by atoms with Gasteiger partial charge in [0.05, 0.1) is 13.2 Å². The Balaban J connectivity index is 2.19. The SMILES string of the molecule is NCC1(C(N)c2ccc(F)cc2)COC1. The number of benzene rings is 1. The van der Waals surface area contributed by atoms with E-state index >= 15 is 0 Å². The van der Waals surface area contributed by atoms with Crippen LogP contribution in [0.4, 0.5) is 4.39 Å². The van der Waals surface area contributed by atoms with Gasteiger partial charge in [-0.2, -0.15) is 0 Å². The highest BCUT2D eigenvalue weighted by Gasteiger charge is 2.43. The first-order valence-electron chi connectivity index (χ1n) is 4.97. The number of nitrogens with two attached hydrogens (primary N) is 2. The van der Waals surface area contributed by atoms with Crippen LogP contribution in [0.3, 0.4) is 0 Å². The van der Waals surface area contributed by atoms with Crippen LogP contribution >= 0.6 is 0 Å². The molecule has 0 aliphatic carbocycles. The molecule has 0 radical (unpaired) electrons. The summed E-state index contributed by atoms with van der Waals surface area (Å²) >= 11 is 0. The third-order valence-corrected chi connectivity index (χ3v) is 3.07. The van der Waals surface area contributed by atoms with E-state index in [1.165, 1.54) is 12.1 Å². The van der Waals surface area contributed by atoms with Crippen LogP contribution in [-0.2, 0) is 4.74 Å². The van der Waals surface area contributed by atoms with Gasteiger partial charge in [-0.05, 0) is 17.7 Å². The van der Waals surface area contributed by atoms with Crippen LogP contribution in [0.25, 0.3) is 0 Å². The molecule has 4 N–H and O–H groups in total. The highest BCUT2D eigenvalue weighted by atomic mass is 19.1. The standard InChI is InChI=1S/C11H15FN2O/c12-9-3-1-8(2-4-9)10(14)11(5-13)6-15-7-11/h1-4,10H,5-7,13-14H2. The van der Waals surface area contributed by atoms with Gasteiger partial charge in [0, 0.05) is 18.0 Å². The van der Waals surface area contributed by atoms with Crippen molar-refractivity contribution in [2.45, 2.75) is 6.04 Å². The van der Waals surface area contributed by atoms with Crippen molar-refractivity contribution in [1.29, 1.82) is 0 Å². The average molecular weight is 210 g/mol. The van der Waals surface area contributed by atoms with Crippen LogP contribution in [-0.4, -0.2) is 19.8 Å². The Morgan fingerprint density at radius 1 is 1.33 bits per heavy atom. The molecule has 82 valence electrons. The summed E-state index contributed by atoms with van der Waals surface area (Å²) in [4.78, 5) is 0. The molecule has 1 aliphatic heterocycles. The van der Waals surface area contributed by atoms with Gasteiger partial charge in [-0.1, -0.05) is 12.1 Å². The van der Waals surface area contributed by atoms with Crippen molar-refractivity contribution in [3.05, 3.63) is 35.6 Å². The van der Waals surface area contributed by atoms with Gasteiger partial charge < -0.3 is 16.2 Å². The number of hydrogen-bond acceptors (Lipinski definition) is 3. The summed E-state index contributed by atoms with van der Waals surface area (Å²) in [6.45, 7) is 1.66. The molecular weight excluding hydrogens is 195 g/mol. The van der Waals surface area contributed by atoms with Gasteiger partial charge >= 0.3 is 0 Å². The minimum atomic E-state index is -0.252. The van der Waals surface area contributed by atoms with E-state index in [1.807, 2.05) is 0 Å². The first-order valence-corrected chi connectivity index (χ1v) is 4.97. The lowest BCUT2D eigenvalue weighted by molar-refractivity contribution is -0.121. The zero-order valence-electron chi connectivity index (χ0n) is 8.45. The third-order valence-electron chi connectivity index (χ3n) is 3.07. The largest absolute Gasteiger partial charge is 0.380 e. The second kappa shape index (κ2) is 3.89. The molecule has 15 heavy (non-hydrogen) atoms. The molecule has 1 heterocycles. The summed E-state index contributed by atoms with van der Waals surface area (Å²) < 4.78 is 17.9. The number of halogens is 1. The molecular formula is C11H15FN2O. The lowest BCUT2D eigenvalue weighted by Gasteiger charge is -2.45. The molecule has 1 unspecified atom stereocenters. The van der Waals surface area contributed by atoms with Crippen molar-refractivity contribution < 1.29 is 9.13 Å². The van der Waals surface area contributed by atoms with Gasteiger partial charge in [-0.15, -0.1) is 0 Å². The fraction of sp³-hybridized carbons (Fsp3) is 0.455. The summed E-state index contributed by atoms with van der Waals surface area (Å²) in [7, 11) is 0. The van der Waals surface area contributed by atoms with E-state index < -0.39 is 0 Å². The Labute approximate surface area is 88.2 Å². The summed E-state index contributed by atoms with van der Waals surface area (Å²) in [5.74, 6) is -0.252. The van der Waals surface area contributed by atoms with Crippen LogP contribution < -0.4 is 11.5 Å². The van der Waals surface area contributed by atoms with Crippen LogP contribution in [0.5, 0.6) is 0 Å². The van der Waals surface area contributed by atoms with Crippen molar-refractivity contribution in [1.82, 2.24) is 0 Å². The van der Waals surface area contributed by atoms with E-state index in [0.717, 1.165) is 5.56 Å². The van der Waals surface area contributed by atoms with E-state index in [4.69, 9.17) is 16.2 Å². The smallest absolute Gasteiger partial charge is 0.123 e. The van der Waals surface area contributed by atoms with Crippen LogP contribution in [0.2, 0.25) is 0 Å². The highest BCUT2D eigenvalue weighted by molar-refractivity contribution is 5.23. The first kappa shape index (κ1) is 10.5. The van der Waals surface area contributed by atoms with Crippen LogP contribution in [0, 0.1) is 11.2 Å². The molecule has 1 aliphatic rings. The number of ether oxygens (including phenoxy) is 1. The predicted octanol–water partition coefficient (Wildman–Crippen LogP) is 0.801. The van der Waals surface area contributed by atoms with E-state index in [9.17, 15) is 4.39 Å². The Morgan fingerprint density at radius 2 is 1.93 bits per heavy atom. The normalized spacial score (nSPS) is 20.7. The Hall–Kier alpha value is -0.970. The molecule has 1 aromatic carbocycles. The van der Waals surface area contributed by atoms with Gasteiger partial charge in [0.15, 0.2) is 0 Å². The summed E-state index contributed by atoms with van der Waals surface area (Å²) in [6, 6.07) is 6.06. The van der Waals surface area contributed by atoms with Crippen LogP contribution in [0.1, 0.15) is 11.6 Å². The number of rotatable bonds is 3. The van der Waals surface area contributed by atoms with Gasteiger partial charge in [0.25, 0.3) is 0 Å². The lowest BCUT2D eigenvalue weighted by atomic mass is 9.76. The molecule has 1 saturated heterocycles. The molecule has 1 aromatic rings. The molecule has 1 fully saturated rings. The monoisotopic (exact) mass is 210 g/mol. The summed E-state index contributed by atoms with van der Waals surface area (Å²) in [5.41, 5.74) is 12.6. The molecule has 0 bridgehead atoms. The van der Waals surface area contributed by atoms with Gasteiger partial charge in [-0.3, -0.25) is 0 Å². The Morgan fingerprint density at radius 3 is 2.33 bits per heavy atom. The fourth-order valence-corrected chi connectivity index (χ4v) is 1.81. The molecule has 2 rings (SSSR count). The number of hydrogen-bond donors (Lipinski definition) is 2. The minimum Gasteiger partial charge on any atom is -0.380 e. The summed E-state index contributed by atoms with van der Waals surface area (Å²) in [5, 5.41) is 0. The quantitative estimate of drug-likeness (QED) is 0.775. The topological polar surface area (TPSA) is 61.3 Å². The maximum atomic E-state index is 12.7. The molecule has 0 saturated carbocycles. The zero-order valence-corrected chi connectivity index (χ0v) is 8.45. The van der Waals surface area contributed by atoms with Gasteiger partial charge in [0.1, 0.15) is 5.82 Å². The second-order valence-corrected chi connectivity index (χ2v) is 4.09. The maximum Gasteiger partial charge on any atom is 0.123 e. The predicted molar refractivity (Wildman–Crippen MR) is 55.6 cm³/mol. The molecule has 4 heteroatoms. The third kappa shape index (κ3) is 1.76. The highest BCUT2D eigenvalue weighted by Crippen LogP contribution is 2.37. The van der Waals surface area contributed by atoms with Crippen molar-refractivity contribution in [3.8, 4) is 0 Å². The average Bonchev–Trinajstić information content (AvgIpc) is 2.18. The van der Waals surface area contributed by atoms with E-state index in [1.54, 1.807) is 12.1 Å². The van der Waals surface area contributed by atoms with E-state index in [2.05, 4.69) is 0 Å². The van der Waals surface area contributed by atoms with Crippen molar-refractivity contribution in [3.63, 3.8) is 0 Å². The van der Waals surface area contributed by atoms with Crippen molar-refractivity contribution >= 4 is 0 Å². The van der Waals surface area contributed by atoms with Crippen LogP contribution in [0.15, 0.2) is 24.3 Å². The zero-order chi connectivity index (χ0) is 10.9. The lowest BCUT2D eigenvalue weighted by Crippen LogP contribution is -2.54. The molecule has 0 spiro atoms. The van der Waals surface area contributed by atoms with Gasteiger partial charge in [-0.25, -0.2) is 4.39 Å². The molecule has 3 nitrogen and oxygen atoms in total. The molecule has 0 amide bonds. The molecule has 0 aromatic heterocycles.